The second-order valence-electron chi connectivity index (χ2n) is 2.32. The van der Waals surface area contributed by atoms with Gasteiger partial charge in [0.15, 0.2) is 0 Å². The number of hydrogen-bond acceptors (Lipinski definition) is 2. The Morgan fingerprint density at radius 2 is 1.85 bits per heavy atom. The molecule has 6 heteroatoms. The predicted molar refractivity (Wildman–Crippen MR) is 61.7 cm³/mol. The highest BCUT2D eigenvalue weighted by molar-refractivity contribution is 14.1. The smallest absolute Gasteiger partial charge is 0.269 e. The second-order valence-corrected chi connectivity index (χ2v) is 4.93. The molecule has 0 unspecified atom stereocenters. The summed E-state index contributed by atoms with van der Waals surface area (Å²) in [6.45, 7) is 0. The van der Waals surface area contributed by atoms with Gasteiger partial charge in [-0.1, -0.05) is 18.2 Å². The monoisotopic (exact) mass is 334 g/mol. The molecule has 0 saturated heterocycles. The van der Waals surface area contributed by atoms with Crippen molar-refractivity contribution >= 4 is 45.1 Å². The van der Waals surface area contributed by atoms with E-state index < -0.39 is 10.1 Å². The summed E-state index contributed by atoms with van der Waals surface area (Å²) in [6, 6.07) is 7.02. The first kappa shape index (κ1) is 13.2. The zero-order chi connectivity index (χ0) is 9.19. The van der Waals surface area contributed by atoms with E-state index in [0.29, 0.717) is 5.56 Å². The van der Waals surface area contributed by atoms with E-state index >= 15 is 0 Å². The summed E-state index contributed by atoms with van der Waals surface area (Å²) in [4.78, 5) is 0. The number of benzene rings is 1. The second kappa shape index (κ2) is 5.14. The Hall–Kier alpha value is 0.150. The molecule has 0 fully saturated rings. The zero-order valence-electron chi connectivity index (χ0n) is 6.47. The molecule has 0 atom stereocenters. The highest BCUT2D eigenvalue weighted by atomic mass is 127. The summed E-state index contributed by atoms with van der Waals surface area (Å²) >= 11 is 2.02. The highest BCUT2D eigenvalue weighted by Crippen LogP contribution is 2.13. The molecule has 0 bridgehead atoms. The number of halogens is 2. The first-order chi connectivity index (χ1) is 5.49. The van der Waals surface area contributed by atoms with E-state index in [0.717, 1.165) is 3.57 Å². The molecule has 0 saturated carbocycles. The van der Waals surface area contributed by atoms with Crippen LogP contribution in [0.4, 0.5) is 0 Å². The fourth-order valence-corrected chi connectivity index (χ4v) is 2.29. The summed E-state index contributed by atoms with van der Waals surface area (Å²) in [7, 11) is -3.90. The third kappa shape index (κ3) is 4.80. The molecule has 0 aliphatic rings. The Balaban J connectivity index is 0.00000144. The predicted octanol–water partition coefficient (Wildman–Crippen LogP) is 2.10. The lowest BCUT2D eigenvalue weighted by atomic mass is 10.2. The first-order valence-electron chi connectivity index (χ1n) is 3.17. The lowest BCUT2D eigenvalue weighted by molar-refractivity contribution is 0.482. The van der Waals surface area contributed by atoms with E-state index in [9.17, 15) is 8.42 Å². The van der Waals surface area contributed by atoms with E-state index in [1.165, 1.54) is 0 Å². The van der Waals surface area contributed by atoms with Gasteiger partial charge >= 0.3 is 0 Å². The van der Waals surface area contributed by atoms with Crippen molar-refractivity contribution in [2.24, 2.45) is 0 Å². The average Bonchev–Trinajstić information content (AvgIpc) is 1.91. The van der Waals surface area contributed by atoms with Gasteiger partial charge in [0.2, 0.25) is 0 Å². The molecule has 0 aliphatic carbocycles. The topological polar surface area (TPSA) is 54.4 Å². The molecule has 0 aliphatic heterocycles. The molecule has 13 heavy (non-hydrogen) atoms. The molecule has 1 rings (SSSR count). The van der Waals surface area contributed by atoms with Gasteiger partial charge in [-0.2, -0.15) is 8.42 Å². The molecular weight excluding hydrogens is 326 g/mol. The lowest BCUT2D eigenvalue weighted by Crippen LogP contribution is -2.02. The van der Waals surface area contributed by atoms with Gasteiger partial charge in [-0.15, -0.1) is 12.4 Å². The molecule has 74 valence electrons. The van der Waals surface area contributed by atoms with Gasteiger partial charge in [0.25, 0.3) is 10.1 Å². The number of hydrogen-bond donors (Lipinski definition) is 1. The molecule has 0 amide bonds. The van der Waals surface area contributed by atoms with Gasteiger partial charge < -0.3 is 0 Å². The van der Waals surface area contributed by atoms with Crippen molar-refractivity contribution in [3.63, 3.8) is 0 Å². The Morgan fingerprint density at radius 1 is 1.31 bits per heavy atom. The average molecular weight is 335 g/mol. The minimum atomic E-state index is -3.90. The van der Waals surface area contributed by atoms with Crippen molar-refractivity contribution in [2.45, 2.75) is 5.75 Å². The molecule has 1 N–H and O–H groups in total. The van der Waals surface area contributed by atoms with Gasteiger partial charge in [0.1, 0.15) is 5.75 Å². The van der Waals surface area contributed by atoms with Crippen molar-refractivity contribution in [3.8, 4) is 0 Å². The van der Waals surface area contributed by atoms with Gasteiger partial charge in [0, 0.05) is 3.57 Å². The van der Waals surface area contributed by atoms with Gasteiger partial charge in [-0.25, -0.2) is 0 Å². The van der Waals surface area contributed by atoms with Crippen LogP contribution in [0.15, 0.2) is 24.3 Å². The Bertz CT molecular complexity index is 377. The van der Waals surface area contributed by atoms with Crippen LogP contribution in [-0.4, -0.2) is 13.0 Å². The van der Waals surface area contributed by atoms with Crippen LogP contribution >= 0.6 is 35.0 Å². The van der Waals surface area contributed by atoms with E-state index in [1.54, 1.807) is 18.2 Å². The van der Waals surface area contributed by atoms with Gasteiger partial charge in [-0.3, -0.25) is 4.55 Å². The highest BCUT2D eigenvalue weighted by Gasteiger charge is 2.08. The van der Waals surface area contributed by atoms with Crippen LogP contribution in [0.3, 0.4) is 0 Å². The van der Waals surface area contributed by atoms with E-state index in [2.05, 4.69) is 0 Å². The van der Waals surface area contributed by atoms with Crippen molar-refractivity contribution in [1.82, 2.24) is 0 Å². The summed E-state index contributed by atoms with van der Waals surface area (Å²) in [5.41, 5.74) is 0.626. The normalized spacial score (nSPS) is 10.6. The standard InChI is InChI=1S/C7H7IO3S.ClH/c8-7-4-2-1-3-6(7)5-12(9,10)11;/h1-4H,5H2,(H,9,10,11);1H. The minimum absolute atomic E-state index is 0. The van der Waals surface area contributed by atoms with Gasteiger partial charge in [-0.05, 0) is 34.2 Å². The fourth-order valence-electron chi connectivity index (χ4n) is 0.812. The third-order valence-electron chi connectivity index (χ3n) is 1.30. The summed E-state index contributed by atoms with van der Waals surface area (Å²) in [5, 5.41) is 0. The van der Waals surface area contributed by atoms with Crippen molar-refractivity contribution in [1.29, 1.82) is 0 Å². The van der Waals surface area contributed by atoms with Crippen molar-refractivity contribution in [2.75, 3.05) is 0 Å². The quantitative estimate of drug-likeness (QED) is 0.666. The van der Waals surface area contributed by atoms with Crippen LogP contribution < -0.4 is 0 Å². The Labute approximate surface area is 96.8 Å². The van der Waals surface area contributed by atoms with Crippen LogP contribution in [0, 0.1) is 3.57 Å². The molecular formula is C7H8ClIO3S. The largest absolute Gasteiger partial charge is 0.285 e. The first-order valence-corrected chi connectivity index (χ1v) is 5.86. The van der Waals surface area contributed by atoms with Crippen LogP contribution in [0.1, 0.15) is 5.56 Å². The number of rotatable bonds is 2. The maximum atomic E-state index is 10.5. The summed E-state index contributed by atoms with van der Waals surface area (Å²) < 4.78 is 30.4. The van der Waals surface area contributed by atoms with Crippen LogP contribution in [0.2, 0.25) is 0 Å². The van der Waals surface area contributed by atoms with E-state index in [-0.39, 0.29) is 18.2 Å². The molecule has 0 aromatic heterocycles. The van der Waals surface area contributed by atoms with Crippen molar-refractivity contribution in [3.05, 3.63) is 33.4 Å². The van der Waals surface area contributed by atoms with Crippen LogP contribution in [0.5, 0.6) is 0 Å². The maximum absolute atomic E-state index is 10.5. The van der Waals surface area contributed by atoms with Crippen molar-refractivity contribution < 1.29 is 13.0 Å². The molecule has 0 spiro atoms. The third-order valence-corrected chi connectivity index (χ3v) is 3.02. The molecule has 1 aromatic rings. The zero-order valence-corrected chi connectivity index (χ0v) is 10.3. The van der Waals surface area contributed by atoms with E-state index in [1.807, 2.05) is 28.7 Å². The lowest BCUT2D eigenvalue weighted by Gasteiger charge is -2.00. The summed E-state index contributed by atoms with van der Waals surface area (Å²) in [6.07, 6.45) is 0. The fraction of sp³-hybridized carbons (Fsp3) is 0.143. The molecule has 3 nitrogen and oxygen atoms in total. The van der Waals surface area contributed by atoms with Gasteiger partial charge in [0.05, 0.1) is 0 Å². The van der Waals surface area contributed by atoms with Crippen LogP contribution in [-0.2, 0) is 15.9 Å². The minimum Gasteiger partial charge on any atom is -0.285 e. The van der Waals surface area contributed by atoms with E-state index in [4.69, 9.17) is 4.55 Å². The molecule has 0 radical (unpaired) electrons. The van der Waals surface area contributed by atoms with Crippen LogP contribution in [0.25, 0.3) is 0 Å². The molecule has 0 heterocycles. The molecule has 1 aromatic carbocycles. The Morgan fingerprint density at radius 3 is 2.31 bits per heavy atom. The maximum Gasteiger partial charge on any atom is 0.269 e. The SMILES string of the molecule is Cl.O=S(=O)(O)Cc1ccccc1I. The summed E-state index contributed by atoms with van der Waals surface area (Å²) in [5.74, 6) is -0.313. The Kier molecular flexibility index (Phi) is 5.19.